The molecule has 6 nitrogen and oxygen atoms in total. The van der Waals surface area contributed by atoms with Gasteiger partial charge in [0.1, 0.15) is 5.82 Å². The van der Waals surface area contributed by atoms with Gasteiger partial charge in [-0.1, -0.05) is 35.9 Å². The van der Waals surface area contributed by atoms with Crippen molar-refractivity contribution in [2.75, 3.05) is 13.1 Å². The third-order valence-electron chi connectivity index (χ3n) is 5.81. The molecule has 2 heterocycles. The SMILES string of the molecule is Cn1cnc(S(=O)(=O)N2CC(NCc3cccc(C(F)(F)F)c3Cl)C(c3ccc(F)cc3)C2)c1. The van der Waals surface area contributed by atoms with Crippen molar-refractivity contribution in [3.63, 3.8) is 0 Å². The monoisotopic (exact) mass is 516 g/mol. The van der Waals surface area contributed by atoms with Gasteiger partial charge in [0, 0.05) is 44.8 Å². The topological polar surface area (TPSA) is 67.2 Å². The van der Waals surface area contributed by atoms with Gasteiger partial charge in [0.2, 0.25) is 0 Å². The van der Waals surface area contributed by atoms with Crippen LogP contribution in [-0.2, 0) is 29.8 Å². The van der Waals surface area contributed by atoms with E-state index in [0.29, 0.717) is 5.56 Å². The maximum Gasteiger partial charge on any atom is 0.417 e. The number of imidazole rings is 1. The summed E-state index contributed by atoms with van der Waals surface area (Å²) in [6.45, 7) is 0.138. The zero-order valence-electron chi connectivity index (χ0n) is 17.9. The molecule has 1 aromatic heterocycles. The fourth-order valence-corrected chi connectivity index (χ4v) is 5.81. The first-order valence-corrected chi connectivity index (χ1v) is 12.1. The highest BCUT2D eigenvalue weighted by atomic mass is 35.5. The number of nitrogens with zero attached hydrogens (tertiary/aromatic N) is 3. The Morgan fingerprint density at radius 2 is 1.85 bits per heavy atom. The maximum absolute atomic E-state index is 13.5. The van der Waals surface area contributed by atoms with Crippen molar-refractivity contribution in [3.8, 4) is 0 Å². The molecule has 4 rings (SSSR count). The molecule has 2 aromatic carbocycles. The number of aryl methyl sites for hydroxylation is 1. The fourth-order valence-electron chi connectivity index (χ4n) is 4.05. The second-order valence-electron chi connectivity index (χ2n) is 8.12. The molecule has 1 aliphatic heterocycles. The summed E-state index contributed by atoms with van der Waals surface area (Å²) in [5.74, 6) is -0.802. The molecule has 1 aliphatic rings. The highest BCUT2D eigenvalue weighted by molar-refractivity contribution is 7.89. The average Bonchev–Trinajstić information content (AvgIpc) is 3.40. The van der Waals surface area contributed by atoms with Gasteiger partial charge in [-0.3, -0.25) is 0 Å². The van der Waals surface area contributed by atoms with Crippen molar-refractivity contribution < 1.29 is 26.0 Å². The minimum Gasteiger partial charge on any atom is -0.339 e. The van der Waals surface area contributed by atoms with Crippen LogP contribution in [0.4, 0.5) is 17.6 Å². The van der Waals surface area contributed by atoms with E-state index >= 15 is 0 Å². The van der Waals surface area contributed by atoms with Crippen LogP contribution in [0.5, 0.6) is 0 Å². The van der Waals surface area contributed by atoms with E-state index in [1.807, 2.05) is 0 Å². The van der Waals surface area contributed by atoms with Crippen LogP contribution in [0.2, 0.25) is 5.02 Å². The van der Waals surface area contributed by atoms with Gasteiger partial charge >= 0.3 is 6.18 Å². The van der Waals surface area contributed by atoms with Gasteiger partial charge in [-0.2, -0.15) is 17.5 Å². The molecule has 0 bridgehead atoms. The van der Waals surface area contributed by atoms with Crippen LogP contribution >= 0.6 is 11.6 Å². The number of nitrogens with one attached hydrogen (secondary N) is 1. The number of hydrogen-bond acceptors (Lipinski definition) is 4. The number of hydrogen-bond donors (Lipinski definition) is 1. The second-order valence-corrected chi connectivity index (χ2v) is 10.4. The van der Waals surface area contributed by atoms with Gasteiger partial charge in [-0.15, -0.1) is 0 Å². The largest absolute Gasteiger partial charge is 0.417 e. The Kier molecular flexibility index (Phi) is 6.74. The number of halogens is 5. The summed E-state index contributed by atoms with van der Waals surface area (Å²) in [4.78, 5) is 3.94. The Balaban J connectivity index is 1.61. The summed E-state index contributed by atoms with van der Waals surface area (Å²) in [5, 5.41) is 2.65. The predicted molar refractivity (Wildman–Crippen MR) is 118 cm³/mol. The molecular weight excluding hydrogens is 496 g/mol. The van der Waals surface area contributed by atoms with E-state index < -0.39 is 38.6 Å². The van der Waals surface area contributed by atoms with Crippen LogP contribution in [-0.4, -0.2) is 41.4 Å². The Morgan fingerprint density at radius 3 is 2.47 bits per heavy atom. The van der Waals surface area contributed by atoms with Gasteiger partial charge in [0.15, 0.2) is 5.03 Å². The number of aromatic nitrogens is 2. The van der Waals surface area contributed by atoms with E-state index in [0.717, 1.165) is 6.07 Å². The van der Waals surface area contributed by atoms with E-state index in [9.17, 15) is 26.0 Å². The first kappa shape index (κ1) is 24.6. The molecule has 1 N–H and O–H groups in total. The average molecular weight is 517 g/mol. The fraction of sp³-hybridized carbons (Fsp3) is 0.318. The first-order chi connectivity index (χ1) is 16.0. The highest BCUT2D eigenvalue weighted by Crippen LogP contribution is 2.37. The summed E-state index contributed by atoms with van der Waals surface area (Å²) in [6.07, 6.45) is -1.82. The third-order valence-corrected chi connectivity index (χ3v) is 7.97. The Labute approximate surface area is 199 Å². The molecule has 182 valence electrons. The molecule has 2 unspecified atom stereocenters. The summed E-state index contributed by atoms with van der Waals surface area (Å²) < 4.78 is 82.2. The quantitative estimate of drug-likeness (QED) is 0.499. The molecule has 1 saturated heterocycles. The zero-order valence-corrected chi connectivity index (χ0v) is 19.5. The van der Waals surface area contributed by atoms with E-state index in [1.165, 1.54) is 45.7 Å². The zero-order chi connectivity index (χ0) is 24.7. The van der Waals surface area contributed by atoms with E-state index in [1.54, 1.807) is 19.2 Å². The Bertz CT molecular complexity index is 1280. The molecular formula is C22H21ClF4N4O2S. The van der Waals surface area contributed by atoms with Gasteiger partial charge < -0.3 is 9.88 Å². The Hall–Kier alpha value is -2.47. The summed E-state index contributed by atoms with van der Waals surface area (Å²) >= 11 is 6.01. The van der Waals surface area contributed by atoms with Gasteiger partial charge in [-0.05, 0) is 29.3 Å². The number of rotatable bonds is 6. The lowest BCUT2D eigenvalue weighted by molar-refractivity contribution is -0.137. The maximum atomic E-state index is 13.5. The van der Waals surface area contributed by atoms with Crippen LogP contribution in [0, 0.1) is 5.82 Å². The van der Waals surface area contributed by atoms with Crippen molar-refractivity contribution >= 4 is 21.6 Å². The van der Waals surface area contributed by atoms with Crippen molar-refractivity contribution in [2.24, 2.45) is 7.05 Å². The molecule has 2 atom stereocenters. The third kappa shape index (κ3) is 4.97. The highest BCUT2D eigenvalue weighted by Gasteiger charge is 2.41. The number of alkyl halides is 3. The Morgan fingerprint density at radius 1 is 1.15 bits per heavy atom. The minimum absolute atomic E-state index is 0.0113. The normalized spacial score (nSPS) is 19.6. The lowest BCUT2D eigenvalue weighted by Gasteiger charge is -2.21. The summed E-state index contributed by atoms with van der Waals surface area (Å²) in [6, 6.07) is 8.91. The van der Waals surface area contributed by atoms with Crippen LogP contribution < -0.4 is 5.32 Å². The second kappa shape index (κ2) is 9.29. The minimum atomic E-state index is -4.59. The van der Waals surface area contributed by atoms with Crippen LogP contribution in [0.15, 0.2) is 60.0 Å². The molecule has 0 aliphatic carbocycles. The molecule has 0 amide bonds. The molecule has 3 aromatic rings. The van der Waals surface area contributed by atoms with Crippen molar-refractivity contribution in [3.05, 3.63) is 82.5 Å². The van der Waals surface area contributed by atoms with Crippen molar-refractivity contribution in [1.82, 2.24) is 19.2 Å². The van der Waals surface area contributed by atoms with Crippen LogP contribution in [0.1, 0.15) is 22.6 Å². The van der Waals surface area contributed by atoms with E-state index in [4.69, 9.17) is 11.6 Å². The van der Waals surface area contributed by atoms with Gasteiger partial charge in [0.25, 0.3) is 10.0 Å². The molecule has 12 heteroatoms. The molecule has 0 saturated carbocycles. The molecule has 1 fully saturated rings. The van der Waals surface area contributed by atoms with Crippen molar-refractivity contribution in [1.29, 1.82) is 0 Å². The molecule has 0 spiro atoms. The lowest BCUT2D eigenvalue weighted by atomic mass is 9.94. The summed E-state index contributed by atoms with van der Waals surface area (Å²) in [5.41, 5.74) is 0.00229. The van der Waals surface area contributed by atoms with Gasteiger partial charge in [0.05, 0.1) is 16.9 Å². The standard InChI is InChI=1S/C22H21ClF4N4O2S/c1-30-12-20(29-13-30)34(32,33)31-10-17(14-5-7-16(24)8-6-14)19(11-31)28-9-15-3-2-4-18(21(15)23)22(25,26)27/h2-8,12-13,17,19,28H,9-11H2,1H3. The number of sulfonamides is 1. The van der Waals surface area contributed by atoms with E-state index in [2.05, 4.69) is 10.3 Å². The first-order valence-electron chi connectivity index (χ1n) is 10.3. The van der Waals surface area contributed by atoms with Gasteiger partial charge in [-0.25, -0.2) is 17.8 Å². The smallest absolute Gasteiger partial charge is 0.339 e. The number of benzene rings is 2. The van der Waals surface area contributed by atoms with E-state index in [-0.39, 0.29) is 36.1 Å². The van der Waals surface area contributed by atoms with Crippen LogP contribution in [0.3, 0.4) is 0 Å². The predicted octanol–water partition coefficient (Wildman–Crippen LogP) is 4.18. The van der Waals surface area contributed by atoms with Crippen LogP contribution in [0.25, 0.3) is 0 Å². The molecule has 34 heavy (non-hydrogen) atoms. The lowest BCUT2D eigenvalue weighted by Crippen LogP contribution is -2.36. The summed E-state index contributed by atoms with van der Waals surface area (Å²) in [7, 11) is -2.25. The molecule has 0 radical (unpaired) electrons. The van der Waals surface area contributed by atoms with Crippen molar-refractivity contribution in [2.45, 2.75) is 29.7 Å².